The van der Waals surface area contributed by atoms with Crippen LogP contribution in [0.1, 0.15) is 30.5 Å². The average Bonchev–Trinajstić information content (AvgIpc) is 2.61. The third-order valence-electron chi connectivity index (χ3n) is 4.05. The van der Waals surface area contributed by atoms with E-state index in [0.29, 0.717) is 0 Å². The standard InChI is InChI=1S/C21H23N3O.ClH/c1-21(2)15-17-8-4-5-9-19(17)20(23-21)24-22-14-6-7-16-10-12-18(25-3)13-11-16;/h4-14H,15H2,1-3H3,(H,23,24);1H. The molecule has 1 heterocycles. The lowest BCUT2D eigenvalue weighted by atomic mass is 9.89. The first-order valence-electron chi connectivity index (χ1n) is 8.35. The summed E-state index contributed by atoms with van der Waals surface area (Å²) in [4.78, 5) is 4.78. The molecule has 26 heavy (non-hydrogen) atoms. The van der Waals surface area contributed by atoms with E-state index in [1.807, 2.05) is 42.5 Å². The van der Waals surface area contributed by atoms with Gasteiger partial charge in [-0.15, -0.1) is 12.4 Å². The number of hydrogen-bond acceptors (Lipinski definition) is 4. The van der Waals surface area contributed by atoms with Gasteiger partial charge in [0.05, 0.1) is 12.6 Å². The monoisotopic (exact) mass is 369 g/mol. The van der Waals surface area contributed by atoms with E-state index in [-0.39, 0.29) is 17.9 Å². The largest absolute Gasteiger partial charge is 0.497 e. The van der Waals surface area contributed by atoms with E-state index in [0.717, 1.165) is 29.1 Å². The molecule has 0 saturated heterocycles. The number of hydrogen-bond donors (Lipinski definition) is 1. The number of allylic oxidation sites excluding steroid dienone is 1. The number of aliphatic imine (C=N–C) groups is 1. The fourth-order valence-corrected chi connectivity index (χ4v) is 2.87. The summed E-state index contributed by atoms with van der Waals surface area (Å²) in [5.74, 6) is 1.67. The third-order valence-corrected chi connectivity index (χ3v) is 4.05. The van der Waals surface area contributed by atoms with Crippen LogP contribution in [0.3, 0.4) is 0 Å². The molecule has 0 aromatic heterocycles. The zero-order valence-electron chi connectivity index (χ0n) is 15.3. The highest BCUT2D eigenvalue weighted by molar-refractivity contribution is 6.01. The number of nitrogens with one attached hydrogen (secondary N) is 1. The average molecular weight is 370 g/mol. The molecule has 2 aromatic rings. The molecule has 1 N–H and O–H groups in total. The Morgan fingerprint density at radius 2 is 1.85 bits per heavy atom. The van der Waals surface area contributed by atoms with Crippen molar-refractivity contribution in [2.24, 2.45) is 10.1 Å². The zero-order chi connectivity index (χ0) is 17.7. The Hall–Kier alpha value is -2.59. The highest BCUT2D eigenvalue weighted by Gasteiger charge is 2.26. The van der Waals surface area contributed by atoms with Crippen LogP contribution in [-0.4, -0.2) is 24.7 Å². The van der Waals surface area contributed by atoms with Crippen molar-refractivity contribution in [3.63, 3.8) is 0 Å². The van der Waals surface area contributed by atoms with Crippen LogP contribution >= 0.6 is 12.4 Å². The van der Waals surface area contributed by atoms with Gasteiger partial charge in [-0.1, -0.05) is 42.5 Å². The van der Waals surface area contributed by atoms with Crippen molar-refractivity contribution in [2.45, 2.75) is 25.8 Å². The van der Waals surface area contributed by atoms with Crippen LogP contribution in [-0.2, 0) is 6.42 Å². The molecule has 5 heteroatoms. The van der Waals surface area contributed by atoms with E-state index in [1.165, 1.54) is 5.56 Å². The van der Waals surface area contributed by atoms with Gasteiger partial charge >= 0.3 is 0 Å². The lowest BCUT2D eigenvalue weighted by Gasteiger charge is -2.28. The van der Waals surface area contributed by atoms with E-state index >= 15 is 0 Å². The first kappa shape index (κ1) is 19.7. The topological polar surface area (TPSA) is 46.0 Å². The summed E-state index contributed by atoms with van der Waals surface area (Å²) in [6, 6.07) is 16.2. The third kappa shape index (κ3) is 4.96. The van der Waals surface area contributed by atoms with Crippen LogP contribution in [0.15, 0.2) is 64.7 Å². The number of hydrazone groups is 1. The van der Waals surface area contributed by atoms with Crippen molar-refractivity contribution in [3.05, 3.63) is 71.3 Å². The predicted molar refractivity (Wildman–Crippen MR) is 112 cm³/mol. The van der Waals surface area contributed by atoms with Crippen molar-refractivity contribution in [2.75, 3.05) is 7.11 Å². The van der Waals surface area contributed by atoms with Gasteiger partial charge in [0.15, 0.2) is 0 Å². The Balaban J connectivity index is 0.00000243. The highest BCUT2D eigenvalue weighted by atomic mass is 35.5. The van der Waals surface area contributed by atoms with Gasteiger partial charge in [0, 0.05) is 11.8 Å². The molecule has 136 valence electrons. The van der Waals surface area contributed by atoms with Crippen molar-refractivity contribution in [3.8, 4) is 5.75 Å². The summed E-state index contributed by atoms with van der Waals surface area (Å²) in [7, 11) is 1.66. The molecule has 0 atom stereocenters. The number of methoxy groups -OCH3 is 1. The molecule has 0 amide bonds. The van der Waals surface area contributed by atoms with Gasteiger partial charge in [0.25, 0.3) is 0 Å². The normalized spacial score (nSPS) is 15.3. The van der Waals surface area contributed by atoms with Crippen LogP contribution < -0.4 is 10.2 Å². The molecule has 0 fully saturated rings. The number of nitrogens with zero attached hydrogens (tertiary/aromatic N) is 2. The Kier molecular flexibility index (Phi) is 6.58. The molecule has 1 aliphatic heterocycles. The minimum Gasteiger partial charge on any atom is -0.497 e. The van der Waals surface area contributed by atoms with Crippen molar-refractivity contribution >= 4 is 30.5 Å². The molecule has 0 spiro atoms. The second kappa shape index (κ2) is 8.68. The SMILES string of the molecule is COc1ccc(C=CC=NNC2=NC(C)(C)Cc3ccccc32)cc1.Cl. The molecule has 0 aliphatic carbocycles. The predicted octanol–water partition coefficient (Wildman–Crippen LogP) is 4.49. The van der Waals surface area contributed by atoms with Crippen molar-refractivity contribution < 1.29 is 4.74 Å². The van der Waals surface area contributed by atoms with Crippen LogP contribution in [0.25, 0.3) is 6.08 Å². The molecular formula is C21H24ClN3O. The van der Waals surface area contributed by atoms with E-state index in [9.17, 15) is 0 Å². The zero-order valence-corrected chi connectivity index (χ0v) is 16.1. The molecule has 0 unspecified atom stereocenters. The maximum atomic E-state index is 5.15. The van der Waals surface area contributed by atoms with Gasteiger partial charge in [-0.3, -0.25) is 10.4 Å². The summed E-state index contributed by atoms with van der Waals surface area (Å²) in [6.07, 6.45) is 6.56. The number of benzene rings is 2. The fourth-order valence-electron chi connectivity index (χ4n) is 2.87. The quantitative estimate of drug-likeness (QED) is 0.637. The molecule has 0 bridgehead atoms. The first-order chi connectivity index (χ1) is 12.1. The molecule has 4 nitrogen and oxygen atoms in total. The Morgan fingerprint density at radius 1 is 1.12 bits per heavy atom. The minimum atomic E-state index is -0.120. The van der Waals surface area contributed by atoms with Crippen LogP contribution in [0, 0.1) is 0 Å². The van der Waals surface area contributed by atoms with Crippen LogP contribution in [0.5, 0.6) is 5.75 Å². The summed E-state index contributed by atoms with van der Waals surface area (Å²) in [5.41, 5.74) is 6.48. The second-order valence-electron chi connectivity index (χ2n) is 6.63. The van der Waals surface area contributed by atoms with Crippen LogP contribution in [0.2, 0.25) is 0 Å². The van der Waals surface area contributed by atoms with Gasteiger partial charge in [0.2, 0.25) is 0 Å². The summed E-state index contributed by atoms with van der Waals surface area (Å²) < 4.78 is 5.15. The first-order valence-corrected chi connectivity index (χ1v) is 8.35. The lowest BCUT2D eigenvalue weighted by Crippen LogP contribution is -2.34. The van der Waals surface area contributed by atoms with Gasteiger partial charge in [-0.25, -0.2) is 0 Å². The van der Waals surface area contributed by atoms with Crippen molar-refractivity contribution in [1.29, 1.82) is 0 Å². The smallest absolute Gasteiger partial charge is 0.149 e. The maximum Gasteiger partial charge on any atom is 0.149 e. The molecule has 0 radical (unpaired) electrons. The molecule has 3 rings (SSSR count). The number of rotatable bonds is 4. The molecule has 0 saturated carbocycles. The van der Waals surface area contributed by atoms with Gasteiger partial charge in [-0.05, 0) is 49.6 Å². The van der Waals surface area contributed by atoms with E-state index in [4.69, 9.17) is 9.73 Å². The van der Waals surface area contributed by atoms with E-state index < -0.39 is 0 Å². The number of ether oxygens (including phenoxy) is 1. The summed E-state index contributed by atoms with van der Waals surface area (Å²) >= 11 is 0. The molecule has 2 aromatic carbocycles. The van der Waals surface area contributed by atoms with Gasteiger partial charge in [0.1, 0.15) is 11.6 Å². The molecular weight excluding hydrogens is 346 g/mol. The van der Waals surface area contributed by atoms with Crippen molar-refractivity contribution in [1.82, 2.24) is 5.43 Å². The van der Waals surface area contributed by atoms with E-state index in [1.54, 1.807) is 13.3 Å². The number of amidine groups is 1. The Labute approximate surface area is 161 Å². The van der Waals surface area contributed by atoms with Gasteiger partial charge < -0.3 is 4.74 Å². The Morgan fingerprint density at radius 3 is 2.58 bits per heavy atom. The van der Waals surface area contributed by atoms with E-state index in [2.05, 4.69) is 42.6 Å². The number of fused-ring (bicyclic) bond motifs is 1. The van der Waals surface area contributed by atoms with Gasteiger partial charge in [-0.2, -0.15) is 5.10 Å². The maximum absolute atomic E-state index is 5.15. The molecule has 1 aliphatic rings. The van der Waals surface area contributed by atoms with Crippen LogP contribution in [0.4, 0.5) is 0 Å². The Bertz CT molecular complexity index is 823. The number of halogens is 1. The summed E-state index contributed by atoms with van der Waals surface area (Å²) in [5, 5.41) is 4.29. The minimum absolute atomic E-state index is 0. The lowest BCUT2D eigenvalue weighted by molar-refractivity contribution is 0.415. The fraction of sp³-hybridized carbons (Fsp3) is 0.238. The second-order valence-corrected chi connectivity index (χ2v) is 6.63. The summed E-state index contributed by atoms with van der Waals surface area (Å²) in [6.45, 7) is 4.27. The highest BCUT2D eigenvalue weighted by Crippen LogP contribution is 2.25.